The molecule has 2 N–H and O–H groups in total. The van der Waals surface area contributed by atoms with Crippen LogP contribution in [0.4, 0.5) is 0 Å². The molecule has 0 aliphatic heterocycles. The number of guanidine groups is 1. The van der Waals surface area contributed by atoms with Gasteiger partial charge in [0, 0.05) is 37.8 Å². The molecule has 0 radical (unpaired) electrons. The second kappa shape index (κ2) is 9.82. The molecule has 0 saturated heterocycles. The third-order valence-electron chi connectivity index (χ3n) is 4.91. The molecule has 2 heterocycles. The lowest BCUT2D eigenvalue weighted by Crippen LogP contribution is -2.38. The number of nitrogens with zero attached hydrogens (tertiary/aromatic N) is 3. The van der Waals surface area contributed by atoms with E-state index in [0.717, 1.165) is 47.4 Å². The summed E-state index contributed by atoms with van der Waals surface area (Å²) in [6.45, 7) is 6.08. The molecular formula is C22H29N5O2. The highest BCUT2D eigenvalue weighted by Gasteiger charge is 2.10. The van der Waals surface area contributed by atoms with Crippen molar-refractivity contribution in [1.82, 2.24) is 20.4 Å². The second-order valence-corrected chi connectivity index (χ2v) is 6.90. The van der Waals surface area contributed by atoms with E-state index in [4.69, 9.17) is 14.1 Å². The van der Waals surface area contributed by atoms with Gasteiger partial charge in [-0.1, -0.05) is 12.1 Å². The quantitative estimate of drug-likeness (QED) is 0.453. The monoisotopic (exact) mass is 395 g/mol. The number of nitrogens with one attached hydrogen (secondary N) is 2. The van der Waals surface area contributed by atoms with Crippen LogP contribution in [0, 0.1) is 13.8 Å². The fraction of sp³-hybridized carbons (Fsp3) is 0.364. The van der Waals surface area contributed by atoms with E-state index in [0.29, 0.717) is 13.1 Å². The average Bonchev–Trinajstić information content (AvgIpc) is 3.33. The predicted molar refractivity (Wildman–Crippen MR) is 114 cm³/mol. The maximum absolute atomic E-state index is 5.41. The van der Waals surface area contributed by atoms with Crippen molar-refractivity contribution < 1.29 is 9.15 Å². The van der Waals surface area contributed by atoms with Crippen LogP contribution in [0.15, 0.2) is 52.1 Å². The van der Waals surface area contributed by atoms with Crippen molar-refractivity contribution in [2.75, 3.05) is 13.7 Å². The molecule has 0 atom stereocenters. The van der Waals surface area contributed by atoms with Gasteiger partial charge >= 0.3 is 0 Å². The Morgan fingerprint density at radius 2 is 1.97 bits per heavy atom. The molecule has 29 heavy (non-hydrogen) atoms. The first-order chi connectivity index (χ1) is 14.1. The maximum atomic E-state index is 5.41. The number of benzene rings is 1. The van der Waals surface area contributed by atoms with Crippen LogP contribution >= 0.6 is 0 Å². The SMILES string of the molecule is COc1ccc(CN=C(NCCc2ccco2)NCc2c(C)nn(C)c2C)cc1. The van der Waals surface area contributed by atoms with Gasteiger partial charge in [0.15, 0.2) is 5.96 Å². The van der Waals surface area contributed by atoms with Gasteiger partial charge in [0.1, 0.15) is 11.5 Å². The predicted octanol–water partition coefficient (Wildman–Crippen LogP) is 3.12. The van der Waals surface area contributed by atoms with E-state index in [2.05, 4.69) is 22.7 Å². The Bertz CT molecular complexity index is 927. The number of ether oxygens (including phenoxy) is 1. The molecule has 1 aromatic carbocycles. The van der Waals surface area contributed by atoms with Gasteiger partial charge in [0.2, 0.25) is 0 Å². The van der Waals surface area contributed by atoms with Gasteiger partial charge in [-0.2, -0.15) is 5.10 Å². The van der Waals surface area contributed by atoms with Crippen molar-refractivity contribution in [1.29, 1.82) is 0 Å². The second-order valence-electron chi connectivity index (χ2n) is 6.90. The molecule has 0 aliphatic carbocycles. The summed E-state index contributed by atoms with van der Waals surface area (Å²) < 4.78 is 12.5. The Hall–Kier alpha value is -3.22. The molecule has 7 nitrogen and oxygen atoms in total. The zero-order chi connectivity index (χ0) is 20.6. The molecule has 0 unspecified atom stereocenters. The zero-order valence-electron chi connectivity index (χ0n) is 17.5. The fourth-order valence-corrected chi connectivity index (χ4v) is 3.08. The Morgan fingerprint density at radius 1 is 1.17 bits per heavy atom. The summed E-state index contributed by atoms with van der Waals surface area (Å²) in [6, 6.07) is 11.8. The smallest absolute Gasteiger partial charge is 0.191 e. The first-order valence-corrected chi connectivity index (χ1v) is 9.73. The maximum Gasteiger partial charge on any atom is 0.191 e. The molecule has 7 heteroatoms. The third kappa shape index (κ3) is 5.63. The number of furan rings is 1. The highest BCUT2D eigenvalue weighted by atomic mass is 16.5. The minimum absolute atomic E-state index is 0.574. The lowest BCUT2D eigenvalue weighted by Gasteiger charge is -2.13. The van der Waals surface area contributed by atoms with Gasteiger partial charge in [-0.05, 0) is 43.7 Å². The van der Waals surface area contributed by atoms with E-state index in [1.807, 2.05) is 55.1 Å². The van der Waals surface area contributed by atoms with Gasteiger partial charge < -0.3 is 19.8 Å². The highest BCUT2D eigenvalue weighted by Crippen LogP contribution is 2.13. The van der Waals surface area contributed by atoms with Crippen molar-refractivity contribution in [3.8, 4) is 5.75 Å². The van der Waals surface area contributed by atoms with Crippen LogP contribution in [-0.2, 0) is 26.6 Å². The normalized spacial score (nSPS) is 11.5. The van der Waals surface area contributed by atoms with Crippen molar-refractivity contribution in [2.45, 2.75) is 33.4 Å². The summed E-state index contributed by atoms with van der Waals surface area (Å²) in [5.41, 5.74) is 4.49. The van der Waals surface area contributed by atoms with Crippen LogP contribution < -0.4 is 15.4 Å². The van der Waals surface area contributed by atoms with Gasteiger partial charge in [-0.15, -0.1) is 0 Å². The molecule has 3 aromatic rings. The Balaban J connectivity index is 1.65. The van der Waals surface area contributed by atoms with Crippen molar-refractivity contribution in [3.05, 3.63) is 70.9 Å². The summed E-state index contributed by atoms with van der Waals surface area (Å²) in [5.74, 6) is 2.55. The standard InChI is InChI=1S/C22H29N5O2/c1-16-21(17(2)27(3)26-16)15-25-22(23-12-11-20-6-5-13-29-20)24-14-18-7-9-19(28-4)10-8-18/h5-10,13H,11-12,14-15H2,1-4H3,(H2,23,24,25). The third-order valence-corrected chi connectivity index (χ3v) is 4.91. The van der Waals surface area contributed by atoms with Gasteiger partial charge in [0.25, 0.3) is 0 Å². The number of aromatic nitrogens is 2. The molecule has 3 rings (SSSR count). The Kier molecular flexibility index (Phi) is 6.94. The topological polar surface area (TPSA) is 76.6 Å². The molecule has 0 fully saturated rings. The number of methoxy groups -OCH3 is 1. The van der Waals surface area contributed by atoms with Gasteiger partial charge in [-0.3, -0.25) is 4.68 Å². The molecule has 0 bridgehead atoms. The van der Waals surface area contributed by atoms with Crippen LogP contribution in [0.3, 0.4) is 0 Å². The molecule has 0 spiro atoms. The number of aliphatic imine (C=N–C) groups is 1. The van der Waals surface area contributed by atoms with Crippen LogP contribution in [0.1, 0.15) is 28.3 Å². The van der Waals surface area contributed by atoms with Crippen LogP contribution in [0.5, 0.6) is 5.75 Å². The van der Waals surface area contributed by atoms with E-state index in [1.54, 1.807) is 13.4 Å². The molecule has 0 saturated carbocycles. The van der Waals surface area contributed by atoms with E-state index in [1.165, 1.54) is 5.56 Å². The number of rotatable bonds is 8. The first-order valence-electron chi connectivity index (χ1n) is 9.73. The number of hydrogen-bond donors (Lipinski definition) is 2. The average molecular weight is 396 g/mol. The minimum Gasteiger partial charge on any atom is -0.497 e. The number of aryl methyl sites for hydroxylation is 2. The highest BCUT2D eigenvalue weighted by molar-refractivity contribution is 5.79. The summed E-state index contributed by atoms with van der Waals surface area (Å²) in [6.07, 6.45) is 2.49. The zero-order valence-corrected chi connectivity index (χ0v) is 17.5. The van der Waals surface area contributed by atoms with E-state index >= 15 is 0 Å². The van der Waals surface area contributed by atoms with E-state index < -0.39 is 0 Å². The largest absolute Gasteiger partial charge is 0.497 e. The molecular weight excluding hydrogens is 366 g/mol. The van der Waals surface area contributed by atoms with Crippen molar-refractivity contribution >= 4 is 5.96 Å². The summed E-state index contributed by atoms with van der Waals surface area (Å²) >= 11 is 0. The lowest BCUT2D eigenvalue weighted by molar-refractivity contribution is 0.414. The Morgan fingerprint density at radius 3 is 2.59 bits per heavy atom. The first kappa shape index (κ1) is 20.5. The van der Waals surface area contributed by atoms with Crippen molar-refractivity contribution in [3.63, 3.8) is 0 Å². The molecule has 0 aliphatic rings. The minimum atomic E-state index is 0.574. The van der Waals surface area contributed by atoms with Crippen molar-refractivity contribution in [2.24, 2.45) is 12.0 Å². The van der Waals surface area contributed by atoms with E-state index in [9.17, 15) is 0 Å². The lowest BCUT2D eigenvalue weighted by atomic mass is 10.2. The Labute approximate surface area is 171 Å². The van der Waals surface area contributed by atoms with Gasteiger partial charge in [0.05, 0.1) is 25.6 Å². The van der Waals surface area contributed by atoms with E-state index in [-0.39, 0.29) is 0 Å². The van der Waals surface area contributed by atoms with Crippen LogP contribution in [0.25, 0.3) is 0 Å². The number of hydrogen-bond acceptors (Lipinski definition) is 4. The molecule has 0 amide bonds. The summed E-state index contributed by atoms with van der Waals surface area (Å²) in [4.78, 5) is 4.75. The van der Waals surface area contributed by atoms with Crippen LogP contribution in [0.2, 0.25) is 0 Å². The molecule has 154 valence electrons. The van der Waals surface area contributed by atoms with Gasteiger partial charge in [-0.25, -0.2) is 4.99 Å². The summed E-state index contributed by atoms with van der Waals surface area (Å²) in [7, 11) is 3.63. The van der Waals surface area contributed by atoms with Crippen LogP contribution in [-0.4, -0.2) is 29.4 Å². The molecule has 2 aromatic heterocycles. The fourth-order valence-electron chi connectivity index (χ4n) is 3.08. The summed E-state index contributed by atoms with van der Waals surface area (Å²) in [5, 5.41) is 11.3.